The zero-order valence-electron chi connectivity index (χ0n) is 12.1. The first-order valence-corrected chi connectivity index (χ1v) is 8.74. The number of rotatable bonds is 3. The minimum Gasteiger partial charge on any atom is -0.272 e. The molecular weight excluding hydrogens is 341 g/mol. The van der Waals surface area contributed by atoms with E-state index < -0.39 is 33.2 Å². The summed E-state index contributed by atoms with van der Waals surface area (Å²) >= 11 is 6.00. The third-order valence-corrected chi connectivity index (χ3v) is 5.99. The van der Waals surface area contributed by atoms with Crippen molar-refractivity contribution in [2.45, 2.75) is 23.2 Å². The third kappa shape index (κ3) is 2.62. The van der Waals surface area contributed by atoms with Crippen LogP contribution in [-0.4, -0.2) is 24.0 Å². The third-order valence-electron chi connectivity index (χ3n) is 3.77. The predicted molar refractivity (Wildman–Crippen MR) is 84.0 cm³/mol. The number of β-lactam (4-membered cyclic amide) rings is 1. The first-order valence-electron chi connectivity index (χ1n) is 6.87. The van der Waals surface area contributed by atoms with Gasteiger partial charge in [-0.05, 0) is 36.8 Å². The summed E-state index contributed by atoms with van der Waals surface area (Å²) < 4.78 is 39.2. The Hall–Kier alpha value is -1.92. The van der Waals surface area contributed by atoms with Crippen LogP contribution < -0.4 is 0 Å². The van der Waals surface area contributed by atoms with E-state index in [-0.39, 0.29) is 4.90 Å². The van der Waals surface area contributed by atoms with E-state index >= 15 is 0 Å². The van der Waals surface area contributed by atoms with E-state index in [1.54, 1.807) is 12.1 Å². The largest absolute Gasteiger partial charge is 0.272 e. The van der Waals surface area contributed by atoms with Crippen molar-refractivity contribution < 1.29 is 17.6 Å². The number of halogens is 2. The zero-order valence-corrected chi connectivity index (χ0v) is 13.7. The number of amides is 1. The van der Waals surface area contributed by atoms with Gasteiger partial charge in [0.25, 0.3) is 15.9 Å². The number of aryl methyl sites for hydroxylation is 1. The Morgan fingerprint density at radius 2 is 1.61 bits per heavy atom. The maximum atomic E-state index is 13.0. The van der Waals surface area contributed by atoms with Gasteiger partial charge in [0.2, 0.25) is 0 Å². The zero-order chi connectivity index (χ0) is 16.8. The lowest BCUT2D eigenvalue weighted by Crippen LogP contribution is -2.58. The van der Waals surface area contributed by atoms with Gasteiger partial charge in [-0.2, -0.15) is 0 Å². The molecule has 0 N–H and O–H groups in total. The minimum absolute atomic E-state index is 0.0205. The normalized spacial score (nSPS) is 21.2. The minimum atomic E-state index is -4.00. The second-order valence-corrected chi connectivity index (χ2v) is 7.64. The Kier molecular flexibility index (Phi) is 3.90. The molecule has 1 fully saturated rings. The van der Waals surface area contributed by atoms with Crippen LogP contribution >= 0.6 is 11.6 Å². The number of hydrogen-bond acceptors (Lipinski definition) is 3. The van der Waals surface area contributed by atoms with Crippen molar-refractivity contribution in [3.8, 4) is 0 Å². The molecule has 7 heteroatoms. The highest BCUT2D eigenvalue weighted by atomic mass is 35.5. The topological polar surface area (TPSA) is 54.5 Å². The van der Waals surface area contributed by atoms with E-state index in [9.17, 15) is 17.6 Å². The van der Waals surface area contributed by atoms with Gasteiger partial charge in [0.05, 0.1) is 10.9 Å². The first-order chi connectivity index (χ1) is 10.8. The van der Waals surface area contributed by atoms with Crippen molar-refractivity contribution in [1.82, 2.24) is 4.31 Å². The van der Waals surface area contributed by atoms with Gasteiger partial charge in [0, 0.05) is 0 Å². The molecular formula is C16H13ClFNO3S. The van der Waals surface area contributed by atoms with Crippen LogP contribution in [0.1, 0.15) is 17.2 Å². The van der Waals surface area contributed by atoms with Crippen LogP contribution in [0.4, 0.5) is 4.39 Å². The van der Waals surface area contributed by atoms with Gasteiger partial charge in [-0.25, -0.2) is 17.1 Å². The van der Waals surface area contributed by atoms with Crippen LogP contribution in [0, 0.1) is 12.7 Å². The van der Waals surface area contributed by atoms with Crippen molar-refractivity contribution >= 4 is 27.5 Å². The van der Waals surface area contributed by atoms with E-state index in [1.807, 2.05) is 6.92 Å². The van der Waals surface area contributed by atoms with E-state index in [4.69, 9.17) is 11.6 Å². The highest BCUT2D eigenvalue weighted by molar-refractivity contribution is 7.89. The van der Waals surface area contributed by atoms with Crippen LogP contribution in [0.2, 0.25) is 0 Å². The van der Waals surface area contributed by atoms with E-state index in [0.29, 0.717) is 5.56 Å². The molecule has 1 saturated heterocycles. The molecule has 0 radical (unpaired) electrons. The fraction of sp³-hybridized carbons (Fsp3) is 0.188. The Labute approximate surface area is 138 Å². The first kappa shape index (κ1) is 16.0. The van der Waals surface area contributed by atoms with Gasteiger partial charge in [-0.1, -0.05) is 29.8 Å². The van der Waals surface area contributed by atoms with Crippen molar-refractivity contribution in [3.05, 3.63) is 65.5 Å². The van der Waals surface area contributed by atoms with Gasteiger partial charge >= 0.3 is 0 Å². The molecule has 1 aliphatic heterocycles. The average Bonchev–Trinajstić information content (AvgIpc) is 2.53. The Morgan fingerprint density at radius 3 is 2.17 bits per heavy atom. The Bertz CT molecular complexity index is 850. The summed E-state index contributed by atoms with van der Waals surface area (Å²) in [5, 5.41) is -0.985. The summed E-state index contributed by atoms with van der Waals surface area (Å²) in [6, 6.07) is 10.6. The van der Waals surface area contributed by atoms with Gasteiger partial charge in [-0.15, -0.1) is 11.6 Å². The lowest BCUT2D eigenvalue weighted by atomic mass is 9.96. The predicted octanol–water partition coefficient (Wildman–Crippen LogP) is 3.01. The molecule has 0 saturated carbocycles. The number of alkyl halides is 1. The van der Waals surface area contributed by atoms with Gasteiger partial charge in [0.15, 0.2) is 0 Å². The van der Waals surface area contributed by atoms with Crippen molar-refractivity contribution in [3.63, 3.8) is 0 Å². The summed E-state index contributed by atoms with van der Waals surface area (Å²) in [5.74, 6) is -1.12. The molecule has 120 valence electrons. The van der Waals surface area contributed by atoms with E-state index in [2.05, 4.69) is 0 Å². The number of nitrogens with zero attached hydrogens (tertiary/aromatic N) is 1. The molecule has 0 spiro atoms. The quantitative estimate of drug-likeness (QED) is 0.629. The molecule has 0 aliphatic carbocycles. The second kappa shape index (κ2) is 5.62. The molecule has 2 aromatic carbocycles. The van der Waals surface area contributed by atoms with Crippen LogP contribution in [-0.2, 0) is 14.8 Å². The lowest BCUT2D eigenvalue weighted by molar-refractivity contribution is -0.137. The molecule has 1 unspecified atom stereocenters. The average molecular weight is 354 g/mol. The standard InChI is InChI=1S/C16H13ClFNO3S/c1-10-2-8-13(9-3-10)23(21,22)19-15(14(17)16(19)20)11-4-6-12(18)7-5-11/h2-9,14-15H,1H3/t14?,15-/m1/s1. The molecule has 2 atom stereocenters. The smallest absolute Gasteiger partial charge is 0.267 e. The summed E-state index contributed by atoms with van der Waals surface area (Å²) in [4.78, 5) is 12.1. The summed E-state index contributed by atoms with van der Waals surface area (Å²) in [7, 11) is -4.00. The molecule has 0 aromatic heterocycles. The monoisotopic (exact) mass is 353 g/mol. The SMILES string of the molecule is Cc1ccc(S(=O)(=O)N2C(=O)C(Cl)[C@H]2c2ccc(F)cc2)cc1. The van der Waals surface area contributed by atoms with Crippen molar-refractivity contribution in [1.29, 1.82) is 0 Å². The number of sulfonamides is 1. The van der Waals surface area contributed by atoms with Gasteiger partial charge in [0.1, 0.15) is 11.2 Å². The maximum Gasteiger partial charge on any atom is 0.267 e. The fourth-order valence-corrected chi connectivity index (χ4v) is 4.57. The van der Waals surface area contributed by atoms with E-state index in [1.165, 1.54) is 36.4 Å². The van der Waals surface area contributed by atoms with Crippen molar-refractivity contribution in [2.24, 2.45) is 0 Å². The highest BCUT2D eigenvalue weighted by Gasteiger charge is 2.53. The summed E-state index contributed by atoms with van der Waals surface area (Å²) in [5.41, 5.74) is 1.38. The number of benzene rings is 2. The number of carbonyl (C=O) groups is 1. The Morgan fingerprint density at radius 1 is 1.04 bits per heavy atom. The number of carbonyl (C=O) groups excluding carboxylic acids is 1. The summed E-state index contributed by atoms with van der Waals surface area (Å²) in [6.45, 7) is 1.83. The molecule has 4 nitrogen and oxygen atoms in total. The van der Waals surface area contributed by atoms with Crippen molar-refractivity contribution in [2.75, 3.05) is 0 Å². The fourth-order valence-electron chi connectivity index (χ4n) is 2.49. The summed E-state index contributed by atoms with van der Waals surface area (Å²) in [6.07, 6.45) is 0. The molecule has 2 aromatic rings. The lowest BCUT2D eigenvalue weighted by Gasteiger charge is -2.43. The Balaban J connectivity index is 2.01. The molecule has 23 heavy (non-hydrogen) atoms. The number of hydrogen-bond donors (Lipinski definition) is 0. The molecule has 1 aliphatic rings. The molecule has 3 rings (SSSR count). The van der Waals surface area contributed by atoms with Crippen LogP contribution in [0.15, 0.2) is 53.4 Å². The van der Waals surface area contributed by atoms with Gasteiger partial charge in [-0.3, -0.25) is 4.79 Å². The highest BCUT2D eigenvalue weighted by Crippen LogP contribution is 2.42. The van der Waals surface area contributed by atoms with Crippen LogP contribution in [0.25, 0.3) is 0 Å². The second-order valence-electron chi connectivity index (χ2n) is 5.35. The van der Waals surface area contributed by atoms with Gasteiger partial charge < -0.3 is 0 Å². The molecule has 0 bridgehead atoms. The van der Waals surface area contributed by atoms with Crippen LogP contribution in [0.5, 0.6) is 0 Å². The maximum absolute atomic E-state index is 13.0. The van der Waals surface area contributed by atoms with Crippen LogP contribution in [0.3, 0.4) is 0 Å². The molecule has 1 amide bonds. The molecule has 1 heterocycles. The van der Waals surface area contributed by atoms with E-state index in [0.717, 1.165) is 9.87 Å².